The van der Waals surface area contributed by atoms with Gasteiger partial charge in [0.1, 0.15) is 18.2 Å². The van der Waals surface area contributed by atoms with Gasteiger partial charge in [-0.3, -0.25) is 0 Å². The summed E-state index contributed by atoms with van der Waals surface area (Å²) in [5.41, 5.74) is 12.6. The summed E-state index contributed by atoms with van der Waals surface area (Å²) in [6.45, 7) is 6.37. The fraction of sp³-hybridized carbons (Fsp3) is 0.0930. The summed E-state index contributed by atoms with van der Waals surface area (Å²) in [6, 6.07) is 89.7. The Kier molecular flexibility index (Phi) is 15.2. The van der Waals surface area contributed by atoms with Gasteiger partial charge in [0, 0.05) is 155 Å². The number of carbonyl (C=O) groups is 2. The third-order valence-electron chi connectivity index (χ3n) is 19.9. The van der Waals surface area contributed by atoms with Crippen LogP contribution in [0.1, 0.15) is 5.01 Å². The Morgan fingerprint density at radius 2 is 0.792 bits per heavy atom. The third kappa shape index (κ3) is 10.7. The maximum Gasteiger partial charge on any atom is 0.407 e. The number of carbonyl (C=O) groups excluding carboxylic acids is 2. The highest BCUT2D eigenvalue weighted by molar-refractivity contribution is 8.01. The number of aromatic nitrogens is 4. The molecule has 0 spiro atoms. The lowest BCUT2D eigenvalue weighted by atomic mass is 9.90. The van der Waals surface area contributed by atoms with Crippen LogP contribution in [0, 0.1) is 12.3 Å². The number of amides is 1. The van der Waals surface area contributed by atoms with E-state index in [4.69, 9.17) is 14.6 Å². The predicted octanol–water partition coefficient (Wildman–Crippen LogP) is 24.1. The van der Waals surface area contributed by atoms with Gasteiger partial charge in [-0.05, 0) is 124 Å². The number of ether oxygens (including phenoxy) is 2. The van der Waals surface area contributed by atoms with Crippen LogP contribution in [0.5, 0.6) is 0 Å². The van der Waals surface area contributed by atoms with Gasteiger partial charge in [-0.1, -0.05) is 200 Å². The molecule has 1 amide bonds. The Labute approximate surface area is 603 Å². The zero-order valence-electron chi connectivity index (χ0n) is 54.5. The number of aryl methyl sites for hydroxylation is 1. The fourth-order valence-corrected chi connectivity index (χ4v) is 22.2. The van der Waals surface area contributed by atoms with Crippen molar-refractivity contribution in [3.63, 3.8) is 0 Å². The fourth-order valence-electron chi connectivity index (χ4n) is 15.2. The lowest BCUT2D eigenvalue weighted by Gasteiger charge is -2.35. The zero-order chi connectivity index (χ0) is 67.5. The van der Waals surface area contributed by atoms with E-state index in [9.17, 15) is 9.59 Å². The number of nitrogens with one attached hydrogen (secondary N) is 1. The molecular weight excluding hydrogens is 1360 g/mol. The Morgan fingerprint density at radius 3 is 1.14 bits per heavy atom. The van der Waals surface area contributed by atoms with Crippen LogP contribution in [-0.4, -0.2) is 56.9 Å². The van der Waals surface area contributed by atoms with E-state index in [1.165, 1.54) is 103 Å². The number of esters is 1. The van der Waals surface area contributed by atoms with Crippen molar-refractivity contribution in [1.29, 1.82) is 0 Å². The monoisotopic (exact) mass is 1420 g/mol. The van der Waals surface area contributed by atoms with Gasteiger partial charge in [0.2, 0.25) is 0 Å². The predicted molar refractivity (Wildman–Crippen MR) is 430 cm³/mol. The Balaban J connectivity index is 0.829. The molecule has 19 aromatic rings. The number of hydrogen-bond donors (Lipinski definition) is 1. The summed E-state index contributed by atoms with van der Waals surface area (Å²) < 4.78 is 27.9. The van der Waals surface area contributed by atoms with Gasteiger partial charge in [-0.2, -0.15) is 0 Å². The SMILES string of the molecule is C=CC(=O)OCCNC(=O)OCC(CSc1nnc(C)s1)(Cn1c2ccc(-c3cccc4c3sc3ccccc34)cc2c2cc(-c3cccc4c3sc3ccccc34)ccc21)Cn1c2ccc(-c3cccc4c3sc3ccccc34)cc2c2cc(-c3cccc4c3sc3ccccc34)ccc21. The summed E-state index contributed by atoms with van der Waals surface area (Å²) in [7, 11) is 0. The standard InChI is InChI=1S/C86H59N5O4S6/c1-3-79(92)94-41-40-87-84(93)95-48-86(49-96-85-89-88-50(2)97-85,46-90-71-36-32-51(55-20-12-24-63-59-16-4-8-28-75(59)98-80(55)63)42-67(71)68-43-52(33-37-72(68)90)56-21-13-25-64-60-17-5-9-29-76(60)99-81(56)64)47-91-73-38-34-53(57-22-14-26-65-61-18-6-10-30-77(61)100-82(57)65)44-69(73)70-45-54(35-39-74(70)91)58-23-15-27-66-62-19-7-11-31-78(62)101-83(58)66/h3-39,42-45H,1,40-41,46-49H2,2H3,(H,87,93). The molecule has 19 rings (SSSR count). The van der Waals surface area contributed by atoms with Crippen molar-refractivity contribution >= 4 is 205 Å². The molecule has 488 valence electrons. The molecule has 15 heteroatoms. The van der Waals surface area contributed by atoms with Gasteiger partial charge >= 0.3 is 12.1 Å². The number of nitrogens with zero attached hydrogens (tertiary/aromatic N) is 4. The van der Waals surface area contributed by atoms with Gasteiger partial charge in [0.15, 0.2) is 4.34 Å². The molecule has 0 bridgehead atoms. The number of thioether (sulfide) groups is 1. The number of hydrogen-bond acceptors (Lipinski definition) is 12. The van der Waals surface area contributed by atoms with Crippen LogP contribution < -0.4 is 5.32 Å². The van der Waals surface area contributed by atoms with Crippen molar-refractivity contribution in [2.75, 3.05) is 25.5 Å². The Morgan fingerprint density at radius 1 is 0.436 bits per heavy atom. The highest BCUT2D eigenvalue weighted by Crippen LogP contribution is 2.49. The minimum Gasteiger partial charge on any atom is -0.461 e. The maximum absolute atomic E-state index is 14.5. The molecule has 0 aliphatic heterocycles. The number of rotatable bonds is 17. The highest BCUT2D eigenvalue weighted by atomic mass is 32.2. The van der Waals surface area contributed by atoms with E-state index in [1.807, 2.05) is 52.3 Å². The largest absolute Gasteiger partial charge is 0.461 e. The summed E-state index contributed by atoms with van der Waals surface area (Å²) in [6.07, 6.45) is 0.497. The number of benzene rings is 12. The molecule has 0 aliphatic carbocycles. The van der Waals surface area contributed by atoms with Gasteiger partial charge in [-0.15, -0.1) is 55.5 Å². The van der Waals surface area contributed by atoms with Crippen molar-refractivity contribution in [1.82, 2.24) is 24.6 Å². The molecule has 0 radical (unpaired) electrons. The molecule has 0 atom stereocenters. The van der Waals surface area contributed by atoms with Gasteiger partial charge in [-0.25, -0.2) is 9.59 Å². The quantitative estimate of drug-likeness (QED) is 0.0419. The average Bonchev–Trinajstić information content (AvgIpc) is 1.58. The lowest BCUT2D eigenvalue weighted by Crippen LogP contribution is -2.41. The van der Waals surface area contributed by atoms with Crippen LogP contribution >= 0.6 is 68.4 Å². The van der Waals surface area contributed by atoms with Crippen molar-refractivity contribution in [3.8, 4) is 44.5 Å². The molecule has 9 nitrogen and oxygen atoms in total. The summed E-state index contributed by atoms with van der Waals surface area (Å²) in [5.74, 6) is -0.0907. The molecule has 7 heterocycles. The van der Waals surface area contributed by atoms with E-state index in [0.717, 1.165) is 81.3 Å². The molecule has 0 saturated heterocycles. The van der Waals surface area contributed by atoms with Crippen molar-refractivity contribution < 1.29 is 19.1 Å². The van der Waals surface area contributed by atoms with Crippen LogP contribution in [0.25, 0.3) is 169 Å². The Hall–Kier alpha value is -10.5. The molecule has 0 fully saturated rings. The van der Waals surface area contributed by atoms with Crippen LogP contribution in [0.3, 0.4) is 0 Å². The van der Waals surface area contributed by atoms with Crippen molar-refractivity contribution in [2.24, 2.45) is 5.41 Å². The van der Waals surface area contributed by atoms with E-state index < -0.39 is 17.5 Å². The molecule has 0 aliphatic rings. The van der Waals surface area contributed by atoms with Crippen molar-refractivity contribution in [2.45, 2.75) is 24.4 Å². The smallest absolute Gasteiger partial charge is 0.407 e. The van der Waals surface area contributed by atoms with Gasteiger partial charge in [0.25, 0.3) is 0 Å². The van der Waals surface area contributed by atoms with E-state index in [-0.39, 0.29) is 19.8 Å². The first-order chi connectivity index (χ1) is 49.7. The normalized spacial score (nSPS) is 12.2. The molecule has 0 unspecified atom stereocenters. The van der Waals surface area contributed by atoms with E-state index in [2.05, 4.69) is 269 Å². The maximum atomic E-state index is 14.5. The van der Waals surface area contributed by atoms with Crippen LogP contribution in [0.15, 0.2) is 260 Å². The van der Waals surface area contributed by atoms with Crippen LogP contribution in [0.2, 0.25) is 0 Å². The summed E-state index contributed by atoms with van der Waals surface area (Å²) in [4.78, 5) is 26.7. The first-order valence-corrected chi connectivity index (χ1v) is 38.6. The molecule has 1 N–H and O–H groups in total. The van der Waals surface area contributed by atoms with Crippen LogP contribution in [0.4, 0.5) is 4.79 Å². The second-order valence-electron chi connectivity index (χ2n) is 26.0. The van der Waals surface area contributed by atoms with E-state index in [0.29, 0.717) is 18.8 Å². The van der Waals surface area contributed by atoms with E-state index >= 15 is 0 Å². The number of thiophene rings is 4. The minimum absolute atomic E-state index is 0.00549. The minimum atomic E-state index is -0.889. The highest BCUT2D eigenvalue weighted by Gasteiger charge is 2.37. The molecule has 101 heavy (non-hydrogen) atoms. The molecule has 12 aromatic carbocycles. The Bertz CT molecular complexity index is 5930. The molecule has 7 aromatic heterocycles. The zero-order valence-corrected chi connectivity index (χ0v) is 59.4. The molecular formula is C86H59N5O4S6. The second kappa shape index (κ2) is 25.0. The average molecular weight is 1420 g/mol. The van der Waals surface area contributed by atoms with Crippen LogP contribution in [-0.2, 0) is 27.4 Å². The van der Waals surface area contributed by atoms with Crippen molar-refractivity contribution in [3.05, 3.63) is 260 Å². The second-order valence-corrected chi connectivity index (χ2v) is 32.6. The number of alkyl carbamates (subject to hydrolysis) is 1. The third-order valence-corrected chi connectivity index (χ3v) is 27.1. The summed E-state index contributed by atoms with van der Waals surface area (Å²) >= 11 is 10.6. The first kappa shape index (κ1) is 61.6. The first-order valence-electron chi connectivity index (χ1n) is 33.6. The topological polar surface area (TPSA) is 100 Å². The van der Waals surface area contributed by atoms with Gasteiger partial charge in [0.05, 0.1) is 6.54 Å². The van der Waals surface area contributed by atoms with E-state index in [1.54, 1.807) is 23.1 Å². The summed E-state index contributed by atoms with van der Waals surface area (Å²) in [5, 5.41) is 27.5. The number of fused-ring (bicyclic) bond motifs is 18. The molecule has 0 saturated carbocycles. The lowest BCUT2D eigenvalue weighted by molar-refractivity contribution is -0.137. The van der Waals surface area contributed by atoms with Gasteiger partial charge < -0.3 is 23.9 Å².